The van der Waals surface area contributed by atoms with E-state index in [1.807, 2.05) is 19.9 Å². The maximum atomic E-state index is 13.0. The Bertz CT molecular complexity index is 1220. The standard InChI is InChI=1S/C26H29Cl2N5O3/c1-3-16(2)29-26(35)20-6-4-5-7-22(20)30-25(34)17-10-12-33(13-11-17)15-23-31-24(32-36-23)19-9-8-18(27)14-21(19)28/h4-9,14,16-17H,3,10-13,15H2,1-2H3,(H,29,35)(H,30,34). The Kier molecular flexibility index (Phi) is 8.61. The third-order valence-electron chi connectivity index (χ3n) is 6.38. The maximum Gasteiger partial charge on any atom is 0.253 e. The highest BCUT2D eigenvalue weighted by Crippen LogP contribution is 2.29. The summed E-state index contributed by atoms with van der Waals surface area (Å²) in [6.07, 6.45) is 2.22. The molecular weight excluding hydrogens is 501 g/mol. The largest absolute Gasteiger partial charge is 0.350 e. The zero-order valence-corrected chi connectivity index (χ0v) is 21.8. The normalized spacial score (nSPS) is 15.4. The molecule has 1 fully saturated rings. The summed E-state index contributed by atoms with van der Waals surface area (Å²) >= 11 is 12.2. The number of likely N-dealkylation sites (tertiary alicyclic amines) is 1. The van der Waals surface area contributed by atoms with Crippen LogP contribution in [-0.4, -0.2) is 46.0 Å². The number of piperidine rings is 1. The molecule has 2 heterocycles. The van der Waals surface area contributed by atoms with E-state index in [4.69, 9.17) is 27.7 Å². The van der Waals surface area contributed by atoms with E-state index in [2.05, 4.69) is 25.7 Å². The highest BCUT2D eigenvalue weighted by atomic mass is 35.5. The van der Waals surface area contributed by atoms with Crippen molar-refractivity contribution in [1.29, 1.82) is 0 Å². The van der Waals surface area contributed by atoms with E-state index < -0.39 is 0 Å². The molecule has 1 aliphatic heterocycles. The lowest BCUT2D eigenvalue weighted by Gasteiger charge is -2.30. The van der Waals surface area contributed by atoms with Gasteiger partial charge in [0, 0.05) is 22.5 Å². The molecule has 8 nitrogen and oxygen atoms in total. The van der Waals surface area contributed by atoms with Crippen LogP contribution in [0.15, 0.2) is 47.0 Å². The molecule has 3 aromatic rings. The Morgan fingerprint density at radius 3 is 2.64 bits per heavy atom. The van der Waals surface area contributed by atoms with Crippen molar-refractivity contribution in [3.63, 3.8) is 0 Å². The first-order valence-electron chi connectivity index (χ1n) is 12.0. The van der Waals surface area contributed by atoms with Gasteiger partial charge < -0.3 is 15.2 Å². The van der Waals surface area contributed by atoms with Crippen LogP contribution in [0.5, 0.6) is 0 Å². The van der Waals surface area contributed by atoms with Crippen molar-refractivity contribution >= 4 is 40.7 Å². The Labute approximate surface area is 220 Å². The summed E-state index contributed by atoms with van der Waals surface area (Å²) in [6.45, 7) is 5.89. The van der Waals surface area contributed by atoms with Crippen LogP contribution in [0.25, 0.3) is 11.4 Å². The molecule has 0 aliphatic carbocycles. The lowest BCUT2D eigenvalue weighted by atomic mass is 9.95. The molecular formula is C26H29Cl2N5O3. The van der Waals surface area contributed by atoms with Gasteiger partial charge in [-0.15, -0.1) is 0 Å². The van der Waals surface area contributed by atoms with E-state index in [9.17, 15) is 9.59 Å². The minimum Gasteiger partial charge on any atom is -0.350 e. The van der Waals surface area contributed by atoms with Crippen molar-refractivity contribution in [1.82, 2.24) is 20.4 Å². The molecule has 2 N–H and O–H groups in total. The fourth-order valence-corrected chi connectivity index (χ4v) is 4.57. The Morgan fingerprint density at radius 2 is 1.92 bits per heavy atom. The number of aromatic nitrogens is 2. The molecule has 36 heavy (non-hydrogen) atoms. The zero-order valence-electron chi connectivity index (χ0n) is 20.3. The minimum absolute atomic E-state index is 0.0590. The number of carbonyl (C=O) groups excluding carboxylic acids is 2. The number of hydrogen-bond acceptors (Lipinski definition) is 6. The molecule has 0 radical (unpaired) electrons. The highest BCUT2D eigenvalue weighted by Gasteiger charge is 2.27. The number of nitrogens with zero attached hydrogens (tertiary/aromatic N) is 3. The van der Waals surface area contributed by atoms with E-state index in [-0.39, 0.29) is 23.8 Å². The molecule has 0 bridgehead atoms. The number of benzene rings is 2. The van der Waals surface area contributed by atoms with E-state index in [0.29, 0.717) is 71.1 Å². The Morgan fingerprint density at radius 1 is 1.17 bits per heavy atom. The van der Waals surface area contributed by atoms with Crippen LogP contribution in [-0.2, 0) is 11.3 Å². The van der Waals surface area contributed by atoms with E-state index >= 15 is 0 Å². The predicted octanol–water partition coefficient (Wildman–Crippen LogP) is 5.42. The molecule has 0 spiro atoms. The number of halogens is 2. The van der Waals surface area contributed by atoms with E-state index in [1.165, 1.54) is 0 Å². The van der Waals surface area contributed by atoms with Gasteiger partial charge in [0.15, 0.2) is 0 Å². The first kappa shape index (κ1) is 26.1. The number of nitrogens with one attached hydrogen (secondary N) is 2. The molecule has 0 saturated carbocycles. The van der Waals surface area contributed by atoms with Crippen LogP contribution in [0.4, 0.5) is 5.69 Å². The fourth-order valence-electron chi connectivity index (χ4n) is 4.07. The summed E-state index contributed by atoms with van der Waals surface area (Å²) in [5.41, 5.74) is 1.66. The summed E-state index contributed by atoms with van der Waals surface area (Å²) in [5, 5.41) is 11.0. The number of amides is 2. The molecule has 1 aromatic heterocycles. The van der Waals surface area contributed by atoms with Gasteiger partial charge in [0.1, 0.15) is 0 Å². The Hall–Kier alpha value is -2.94. The summed E-state index contributed by atoms with van der Waals surface area (Å²) in [6, 6.07) is 12.3. The van der Waals surface area contributed by atoms with Gasteiger partial charge in [-0.25, -0.2) is 0 Å². The molecule has 1 saturated heterocycles. The van der Waals surface area contributed by atoms with Crippen molar-refractivity contribution in [2.45, 2.75) is 45.7 Å². The average molecular weight is 530 g/mol. The van der Waals surface area contributed by atoms with Crippen LogP contribution >= 0.6 is 23.2 Å². The second kappa shape index (κ2) is 11.9. The first-order valence-corrected chi connectivity index (χ1v) is 12.8. The SMILES string of the molecule is CCC(C)NC(=O)c1ccccc1NC(=O)C1CCN(Cc2nc(-c3ccc(Cl)cc3Cl)no2)CC1. The third kappa shape index (κ3) is 6.43. The maximum absolute atomic E-state index is 13.0. The summed E-state index contributed by atoms with van der Waals surface area (Å²) < 4.78 is 5.42. The van der Waals surface area contributed by atoms with Crippen molar-refractivity contribution in [2.75, 3.05) is 18.4 Å². The Balaban J connectivity index is 1.31. The predicted molar refractivity (Wildman–Crippen MR) is 140 cm³/mol. The number of rotatable bonds is 8. The van der Waals surface area contributed by atoms with Crippen molar-refractivity contribution in [2.24, 2.45) is 5.92 Å². The lowest BCUT2D eigenvalue weighted by molar-refractivity contribution is -0.121. The van der Waals surface area contributed by atoms with Crippen molar-refractivity contribution < 1.29 is 14.1 Å². The summed E-state index contributed by atoms with van der Waals surface area (Å²) in [7, 11) is 0. The monoisotopic (exact) mass is 529 g/mol. The second-order valence-electron chi connectivity index (χ2n) is 9.00. The molecule has 1 unspecified atom stereocenters. The molecule has 4 rings (SSSR count). The number of carbonyl (C=O) groups is 2. The van der Waals surface area contributed by atoms with E-state index in [1.54, 1.807) is 36.4 Å². The van der Waals surface area contributed by atoms with Crippen LogP contribution < -0.4 is 10.6 Å². The van der Waals surface area contributed by atoms with Gasteiger partial charge >= 0.3 is 0 Å². The molecule has 1 aliphatic rings. The molecule has 2 aromatic carbocycles. The fraction of sp³-hybridized carbons (Fsp3) is 0.385. The van der Waals surface area contributed by atoms with E-state index in [0.717, 1.165) is 6.42 Å². The van der Waals surface area contributed by atoms with Gasteiger partial charge in [-0.1, -0.05) is 47.4 Å². The van der Waals surface area contributed by atoms with Gasteiger partial charge in [-0.05, 0) is 69.6 Å². The summed E-state index contributed by atoms with van der Waals surface area (Å²) in [5.74, 6) is 0.500. The van der Waals surface area contributed by atoms with Crippen LogP contribution in [0.2, 0.25) is 10.0 Å². The van der Waals surface area contributed by atoms with Crippen molar-refractivity contribution in [3.8, 4) is 11.4 Å². The molecule has 10 heteroatoms. The smallest absolute Gasteiger partial charge is 0.253 e. The van der Waals surface area contributed by atoms with Crippen molar-refractivity contribution in [3.05, 3.63) is 64.0 Å². The number of anilines is 1. The first-order chi connectivity index (χ1) is 17.3. The minimum atomic E-state index is -0.186. The number of para-hydroxylation sites is 1. The molecule has 2 amide bonds. The quantitative estimate of drug-likeness (QED) is 0.403. The summed E-state index contributed by atoms with van der Waals surface area (Å²) in [4.78, 5) is 32.3. The topological polar surface area (TPSA) is 100 Å². The van der Waals surface area contributed by atoms with Gasteiger partial charge in [0.2, 0.25) is 17.6 Å². The second-order valence-corrected chi connectivity index (χ2v) is 9.85. The van der Waals surface area contributed by atoms with Crippen LogP contribution in [0.3, 0.4) is 0 Å². The molecule has 1 atom stereocenters. The number of hydrogen-bond donors (Lipinski definition) is 2. The van der Waals surface area contributed by atoms with Crippen LogP contribution in [0, 0.1) is 5.92 Å². The average Bonchev–Trinajstić information content (AvgIpc) is 3.32. The zero-order chi connectivity index (χ0) is 25.7. The highest BCUT2D eigenvalue weighted by molar-refractivity contribution is 6.36. The lowest BCUT2D eigenvalue weighted by Crippen LogP contribution is -2.38. The molecule has 190 valence electrons. The van der Waals surface area contributed by atoms with Gasteiger partial charge in [0.05, 0.1) is 22.8 Å². The van der Waals surface area contributed by atoms with Crippen LogP contribution in [0.1, 0.15) is 49.4 Å². The third-order valence-corrected chi connectivity index (χ3v) is 6.92. The van der Waals surface area contributed by atoms with Gasteiger partial charge in [0.25, 0.3) is 5.91 Å². The van der Waals surface area contributed by atoms with Gasteiger partial charge in [-0.3, -0.25) is 14.5 Å². The van der Waals surface area contributed by atoms with Gasteiger partial charge in [-0.2, -0.15) is 4.98 Å².